The second kappa shape index (κ2) is 12.4. The van der Waals surface area contributed by atoms with E-state index in [1.165, 1.54) is 0 Å². The maximum atomic E-state index is 13.1. The van der Waals surface area contributed by atoms with Crippen LogP contribution in [0, 0.1) is 0 Å². The molecule has 1 unspecified atom stereocenters. The first-order valence-corrected chi connectivity index (χ1v) is 11.3. The van der Waals surface area contributed by atoms with Crippen LogP contribution in [0.5, 0.6) is 5.75 Å². The van der Waals surface area contributed by atoms with Crippen molar-refractivity contribution in [2.45, 2.75) is 45.9 Å². The Kier molecular flexibility index (Phi) is 9.07. The molecule has 0 radical (unpaired) electrons. The van der Waals surface area contributed by atoms with Gasteiger partial charge in [-0.3, -0.25) is 9.59 Å². The van der Waals surface area contributed by atoms with Gasteiger partial charge < -0.3 is 14.4 Å². The van der Waals surface area contributed by atoms with Crippen LogP contribution in [0.15, 0.2) is 84.9 Å². The summed E-state index contributed by atoms with van der Waals surface area (Å²) in [7, 11) is 0. The first kappa shape index (κ1) is 24.1. The molecule has 0 aliphatic carbocycles. The zero-order chi connectivity index (χ0) is 23.5. The highest BCUT2D eigenvalue weighted by Gasteiger charge is 2.22. The molecule has 0 aliphatic rings. The maximum absolute atomic E-state index is 13.1. The molecule has 5 nitrogen and oxygen atoms in total. The zero-order valence-electron chi connectivity index (χ0n) is 19.3. The molecule has 0 fully saturated rings. The molecule has 0 N–H and O–H groups in total. The quantitative estimate of drug-likeness (QED) is 0.355. The highest BCUT2D eigenvalue weighted by molar-refractivity contribution is 5.81. The lowest BCUT2D eigenvalue weighted by molar-refractivity contribution is -0.146. The van der Waals surface area contributed by atoms with Crippen molar-refractivity contribution in [2.24, 2.45) is 0 Å². The lowest BCUT2D eigenvalue weighted by Gasteiger charge is -2.30. The van der Waals surface area contributed by atoms with E-state index in [9.17, 15) is 9.59 Å². The van der Waals surface area contributed by atoms with Crippen LogP contribution in [0.2, 0.25) is 0 Å². The van der Waals surface area contributed by atoms with Crippen LogP contribution < -0.4 is 4.74 Å². The fourth-order valence-corrected chi connectivity index (χ4v) is 3.57. The molecular formula is C28H31NO4. The van der Waals surface area contributed by atoms with Gasteiger partial charge in [-0.05, 0) is 42.7 Å². The van der Waals surface area contributed by atoms with Crippen molar-refractivity contribution < 1.29 is 19.1 Å². The number of carbonyl (C=O) groups excluding carboxylic acids is 2. The van der Waals surface area contributed by atoms with Crippen LogP contribution in [0.3, 0.4) is 0 Å². The SMILES string of the molecule is CCOC(=O)CCC(=O)N(Cc1ccc(OCc2ccccc2)cc1)C(C)c1ccccc1. The second-order valence-electron chi connectivity index (χ2n) is 7.83. The molecule has 0 aliphatic heterocycles. The molecule has 0 bridgehead atoms. The molecule has 0 saturated heterocycles. The normalized spacial score (nSPS) is 11.5. The van der Waals surface area contributed by atoms with E-state index in [0.717, 1.165) is 22.4 Å². The van der Waals surface area contributed by atoms with E-state index in [-0.39, 0.29) is 30.8 Å². The summed E-state index contributed by atoms with van der Waals surface area (Å²) in [4.78, 5) is 26.7. The number of nitrogens with zero attached hydrogens (tertiary/aromatic N) is 1. The first-order valence-electron chi connectivity index (χ1n) is 11.3. The Bertz CT molecular complexity index is 1000. The van der Waals surface area contributed by atoms with Crippen LogP contribution in [0.1, 0.15) is 49.4 Å². The van der Waals surface area contributed by atoms with E-state index < -0.39 is 0 Å². The molecule has 5 heteroatoms. The van der Waals surface area contributed by atoms with Gasteiger partial charge in [-0.25, -0.2) is 0 Å². The third kappa shape index (κ3) is 7.49. The summed E-state index contributed by atoms with van der Waals surface area (Å²) in [5, 5.41) is 0. The molecule has 0 spiro atoms. The van der Waals surface area contributed by atoms with Crippen molar-refractivity contribution in [3.05, 3.63) is 102 Å². The van der Waals surface area contributed by atoms with E-state index in [4.69, 9.17) is 9.47 Å². The van der Waals surface area contributed by atoms with Crippen molar-refractivity contribution in [1.29, 1.82) is 0 Å². The third-order valence-corrected chi connectivity index (χ3v) is 5.44. The van der Waals surface area contributed by atoms with Gasteiger partial charge in [0.2, 0.25) is 5.91 Å². The van der Waals surface area contributed by atoms with Gasteiger partial charge in [0, 0.05) is 13.0 Å². The monoisotopic (exact) mass is 445 g/mol. The van der Waals surface area contributed by atoms with Crippen molar-refractivity contribution in [3.8, 4) is 5.75 Å². The van der Waals surface area contributed by atoms with Crippen LogP contribution in [-0.4, -0.2) is 23.4 Å². The molecular weight excluding hydrogens is 414 g/mol. The van der Waals surface area contributed by atoms with Crippen molar-refractivity contribution >= 4 is 11.9 Å². The molecule has 0 aromatic heterocycles. The van der Waals surface area contributed by atoms with Crippen LogP contribution in [0.4, 0.5) is 0 Å². The van der Waals surface area contributed by atoms with Crippen molar-refractivity contribution in [1.82, 2.24) is 4.90 Å². The zero-order valence-corrected chi connectivity index (χ0v) is 19.3. The van der Waals surface area contributed by atoms with E-state index in [1.807, 2.05) is 96.8 Å². The van der Waals surface area contributed by atoms with Gasteiger partial charge in [0.1, 0.15) is 12.4 Å². The highest BCUT2D eigenvalue weighted by Crippen LogP contribution is 2.25. The number of hydrogen-bond acceptors (Lipinski definition) is 4. The van der Waals surface area contributed by atoms with Gasteiger partial charge in [0.15, 0.2) is 0 Å². The molecule has 0 saturated carbocycles. The van der Waals surface area contributed by atoms with E-state index >= 15 is 0 Å². The topological polar surface area (TPSA) is 55.8 Å². The third-order valence-electron chi connectivity index (χ3n) is 5.44. The summed E-state index contributed by atoms with van der Waals surface area (Å²) >= 11 is 0. The summed E-state index contributed by atoms with van der Waals surface area (Å²) in [6, 6.07) is 27.6. The van der Waals surface area contributed by atoms with Crippen LogP contribution >= 0.6 is 0 Å². The fourth-order valence-electron chi connectivity index (χ4n) is 3.57. The predicted octanol–water partition coefficient (Wildman–Crippen LogP) is 5.70. The minimum atomic E-state index is -0.349. The Labute approximate surface area is 196 Å². The Morgan fingerprint density at radius 3 is 2.09 bits per heavy atom. The molecule has 3 rings (SSSR count). The van der Waals surface area contributed by atoms with E-state index in [1.54, 1.807) is 6.92 Å². The Balaban J connectivity index is 1.68. The highest BCUT2D eigenvalue weighted by atomic mass is 16.5. The Hall–Kier alpha value is -3.60. The fraction of sp³-hybridized carbons (Fsp3) is 0.286. The predicted molar refractivity (Wildman–Crippen MR) is 128 cm³/mol. The van der Waals surface area contributed by atoms with Gasteiger partial charge >= 0.3 is 5.97 Å². The number of rotatable bonds is 11. The first-order chi connectivity index (χ1) is 16.1. The second-order valence-corrected chi connectivity index (χ2v) is 7.83. The number of benzene rings is 3. The van der Waals surface area contributed by atoms with Crippen molar-refractivity contribution in [3.63, 3.8) is 0 Å². The average Bonchev–Trinajstić information content (AvgIpc) is 2.86. The van der Waals surface area contributed by atoms with E-state index in [0.29, 0.717) is 19.8 Å². The van der Waals surface area contributed by atoms with Gasteiger partial charge in [-0.2, -0.15) is 0 Å². The van der Waals surface area contributed by atoms with Gasteiger partial charge in [0.25, 0.3) is 0 Å². The molecule has 3 aromatic carbocycles. The lowest BCUT2D eigenvalue weighted by Crippen LogP contribution is -2.33. The van der Waals surface area contributed by atoms with Crippen LogP contribution in [0.25, 0.3) is 0 Å². The summed E-state index contributed by atoms with van der Waals surface area (Å²) in [5.74, 6) is 0.348. The summed E-state index contributed by atoms with van der Waals surface area (Å²) in [6.45, 7) is 5.03. The summed E-state index contributed by atoms with van der Waals surface area (Å²) in [6.07, 6.45) is 0.200. The minimum Gasteiger partial charge on any atom is -0.489 e. The number of amides is 1. The summed E-state index contributed by atoms with van der Waals surface area (Å²) in [5.41, 5.74) is 3.15. The Morgan fingerprint density at radius 1 is 0.818 bits per heavy atom. The van der Waals surface area contributed by atoms with Gasteiger partial charge in [-0.15, -0.1) is 0 Å². The van der Waals surface area contributed by atoms with Crippen LogP contribution in [-0.2, 0) is 27.5 Å². The number of ether oxygens (including phenoxy) is 2. The average molecular weight is 446 g/mol. The number of hydrogen-bond donors (Lipinski definition) is 0. The molecule has 1 amide bonds. The molecule has 0 heterocycles. The molecule has 1 atom stereocenters. The van der Waals surface area contributed by atoms with Gasteiger partial charge in [-0.1, -0.05) is 72.8 Å². The maximum Gasteiger partial charge on any atom is 0.306 e. The van der Waals surface area contributed by atoms with Gasteiger partial charge in [0.05, 0.1) is 19.1 Å². The number of carbonyl (C=O) groups is 2. The van der Waals surface area contributed by atoms with Crippen molar-refractivity contribution in [2.75, 3.05) is 6.61 Å². The minimum absolute atomic E-state index is 0.0798. The Morgan fingerprint density at radius 2 is 1.45 bits per heavy atom. The van der Waals surface area contributed by atoms with E-state index in [2.05, 4.69) is 0 Å². The molecule has 33 heavy (non-hydrogen) atoms. The standard InChI is InChI=1S/C28H31NO4/c1-3-32-28(31)19-18-27(30)29(22(2)25-12-8-5-9-13-25)20-23-14-16-26(17-15-23)33-21-24-10-6-4-7-11-24/h4-17,22H,3,18-21H2,1-2H3. The molecule has 172 valence electrons. The lowest BCUT2D eigenvalue weighted by atomic mass is 10.0. The smallest absolute Gasteiger partial charge is 0.306 e. The largest absolute Gasteiger partial charge is 0.489 e. The summed E-state index contributed by atoms with van der Waals surface area (Å²) < 4.78 is 10.9. The molecule has 3 aromatic rings. The number of esters is 1.